The number of nitrogens with zero attached hydrogens (tertiary/aromatic N) is 2. The molecule has 0 saturated heterocycles. The quantitative estimate of drug-likeness (QED) is 0.237. The van der Waals surface area contributed by atoms with E-state index in [4.69, 9.17) is 4.42 Å². The summed E-state index contributed by atoms with van der Waals surface area (Å²) in [5.74, 6) is -0.262. The molecule has 5 rings (SSSR count). The Morgan fingerprint density at radius 3 is 2.50 bits per heavy atom. The lowest BCUT2D eigenvalue weighted by molar-refractivity contribution is 0.0983. The van der Waals surface area contributed by atoms with Crippen molar-refractivity contribution in [3.05, 3.63) is 107 Å². The van der Waals surface area contributed by atoms with Gasteiger partial charge in [-0.25, -0.2) is 17.8 Å². The molecule has 0 radical (unpaired) electrons. The van der Waals surface area contributed by atoms with Crippen LogP contribution in [0.1, 0.15) is 16.1 Å². The number of carbonyl (C=O) groups excluding carboxylic acids is 1. The van der Waals surface area contributed by atoms with Crippen LogP contribution in [0.4, 0.5) is 15.2 Å². The molecular weight excluding hydrogens is 569 g/mol. The summed E-state index contributed by atoms with van der Waals surface area (Å²) < 4.78 is 48.0. The van der Waals surface area contributed by atoms with Crippen molar-refractivity contribution < 1.29 is 22.0 Å². The van der Waals surface area contributed by atoms with Crippen LogP contribution in [0, 0.1) is 5.82 Å². The van der Waals surface area contributed by atoms with Crippen molar-refractivity contribution in [1.82, 2.24) is 4.98 Å². The van der Waals surface area contributed by atoms with Crippen LogP contribution >= 0.6 is 27.3 Å². The van der Waals surface area contributed by atoms with Crippen molar-refractivity contribution >= 4 is 64.2 Å². The Balaban J connectivity index is 1.41. The second-order valence-corrected chi connectivity index (χ2v) is 11.3. The standard InChI is InChI=1S/C25H17BrFN3O4S2/c26-17-5-12-22-23(14-17)35-25(28-22)30(15-20-2-1-13-34-20)24(31)16-3-8-19(9-4-16)29-36(32,33)21-10-6-18(27)7-11-21/h1-14,29H,15H2. The summed E-state index contributed by atoms with van der Waals surface area (Å²) in [5, 5.41) is 0.505. The molecule has 0 fully saturated rings. The van der Waals surface area contributed by atoms with Gasteiger partial charge in [0.25, 0.3) is 15.9 Å². The van der Waals surface area contributed by atoms with Crippen LogP contribution in [0.3, 0.4) is 0 Å². The fourth-order valence-electron chi connectivity index (χ4n) is 3.45. The highest BCUT2D eigenvalue weighted by Crippen LogP contribution is 2.32. The zero-order valence-corrected chi connectivity index (χ0v) is 21.6. The lowest BCUT2D eigenvalue weighted by Crippen LogP contribution is -2.30. The number of rotatable bonds is 7. The van der Waals surface area contributed by atoms with E-state index in [1.165, 1.54) is 58.9 Å². The Bertz CT molecular complexity index is 1640. The molecule has 0 unspecified atom stereocenters. The highest BCUT2D eigenvalue weighted by Gasteiger charge is 2.23. The number of carbonyl (C=O) groups is 1. The summed E-state index contributed by atoms with van der Waals surface area (Å²) in [6, 6.07) is 19.8. The van der Waals surface area contributed by atoms with E-state index in [2.05, 4.69) is 25.6 Å². The van der Waals surface area contributed by atoms with E-state index in [9.17, 15) is 17.6 Å². The van der Waals surface area contributed by atoms with Gasteiger partial charge in [-0.1, -0.05) is 27.3 Å². The maximum absolute atomic E-state index is 13.5. The van der Waals surface area contributed by atoms with E-state index in [1.807, 2.05) is 18.2 Å². The first-order chi connectivity index (χ1) is 17.3. The van der Waals surface area contributed by atoms with E-state index in [0.29, 0.717) is 16.5 Å². The number of anilines is 2. The Morgan fingerprint density at radius 2 is 1.81 bits per heavy atom. The van der Waals surface area contributed by atoms with Gasteiger partial charge in [0, 0.05) is 15.7 Å². The van der Waals surface area contributed by atoms with Crippen molar-refractivity contribution in [3.63, 3.8) is 0 Å². The summed E-state index contributed by atoms with van der Waals surface area (Å²) in [5.41, 5.74) is 1.37. The highest BCUT2D eigenvalue weighted by molar-refractivity contribution is 9.10. The third-order valence-electron chi connectivity index (χ3n) is 5.22. The van der Waals surface area contributed by atoms with E-state index in [1.54, 1.807) is 12.1 Å². The van der Waals surface area contributed by atoms with Crippen molar-refractivity contribution in [2.45, 2.75) is 11.4 Å². The Kier molecular flexibility index (Phi) is 6.61. The fourth-order valence-corrected chi connectivity index (χ4v) is 6.02. The minimum atomic E-state index is -3.91. The SMILES string of the molecule is O=C(c1ccc(NS(=O)(=O)c2ccc(F)cc2)cc1)N(Cc1ccco1)c1nc2ccc(Br)cc2s1. The van der Waals surface area contributed by atoms with Crippen molar-refractivity contribution in [3.8, 4) is 0 Å². The van der Waals surface area contributed by atoms with Gasteiger partial charge in [-0.3, -0.25) is 14.4 Å². The van der Waals surface area contributed by atoms with Crippen molar-refractivity contribution in [2.75, 3.05) is 9.62 Å². The molecule has 1 N–H and O–H groups in total. The van der Waals surface area contributed by atoms with Gasteiger partial charge in [0.05, 0.1) is 27.9 Å². The number of nitrogens with one attached hydrogen (secondary N) is 1. The minimum Gasteiger partial charge on any atom is -0.467 e. The molecule has 2 heterocycles. The van der Waals surface area contributed by atoms with E-state index >= 15 is 0 Å². The number of halogens is 2. The normalized spacial score (nSPS) is 11.5. The van der Waals surface area contributed by atoms with Gasteiger partial charge in [0.2, 0.25) is 0 Å². The molecule has 0 aliphatic carbocycles. The largest absolute Gasteiger partial charge is 0.467 e. The summed E-state index contributed by atoms with van der Waals surface area (Å²) >= 11 is 4.83. The third kappa shape index (κ3) is 5.18. The molecule has 7 nitrogen and oxygen atoms in total. The number of thiazole rings is 1. The number of furan rings is 1. The average Bonchev–Trinajstić information content (AvgIpc) is 3.52. The molecule has 3 aromatic carbocycles. The fraction of sp³-hybridized carbons (Fsp3) is 0.0400. The summed E-state index contributed by atoms with van der Waals surface area (Å²) in [7, 11) is -3.91. The monoisotopic (exact) mass is 585 g/mol. The number of sulfonamides is 1. The topological polar surface area (TPSA) is 92.5 Å². The number of hydrogen-bond donors (Lipinski definition) is 1. The second-order valence-electron chi connectivity index (χ2n) is 7.72. The highest BCUT2D eigenvalue weighted by atomic mass is 79.9. The number of amides is 1. The van der Waals surface area contributed by atoms with Crippen molar-refractivity contribution in [2.24, 2.45) is 0 Å². The molecule has 0 bridgehead atoms. The molecule has 11 heteroatoms. The van der Waals surface area contributed by atoms with E-state index in [-0.39, 0.29) is 23.0 Å². The number of fused-ring (bicyclic) bond motifs is 1. The van der Waals surface area contributed by atoms with Crippen LogP contribution < -0.4 is 9.62 Å². The minimum absolute atomic E-state index is 0.0730. The van der Waals surface area contributed by atoms with Gasteiger partial charge in [0.1, 0.15) is 11.6 Å². The zero-order chi connectivity index (χ0) is 25.3. The van der Waals surface area contributed by atoms with Crippen LogP contribution in [0.5, 0.6) is 0 Å². The number of benzene rings is 3. The predicted molar refractivity (Wildman–Crippen MR) is 140 cm³/mol. The molecule has 0 aliphatic heterocycles. The van der Waals surface area contributed by atoms with Crippen LogP contribution in [0.2, 0.25) is 0 Å². The number of aromatic nitrogens is 1. The van der Waals surface area contributed by atoms with Crippen LogP contribution in [-0.2, 0) is 16.6 Å². The predicted octanol–water partition coefficient (Wildman–Crippen LogP) is 6.44. The molecule has 5 aromatic rings. The van der Waals surface area contributed by atoms with Gasteiger partial charge >= 0.3 is 0 Å². The van der Waals surface area contributed by atoms with E-state index < -0.39 is 15.8 Å². The molecule has 0 aliphatic rings. The maximum Gasteiger partial charge on any atom is 0.261 e. The van der Waals surface area contributed by atoms with Gasteiger partial charge in [0.15, 0.2) is 5.13 Å². The molecule has 182 valence electrons. The lowest BCUT2D eigenvalue weighted by atomic mass is 10.2. The maximum atomic E-state index is 13.5. The number of hydrogen-bond acceptors (Lipinski definition) is 6. The first-order valence-electron chi connectivity index (χ1n) is 10.6. The molecule has 36 heavy (non-hydrogen) atoms. The smallest absolute Gasteiger partial charge is 0.261 e. The third-order valence-corrected chi connectivity index (χ3v) is 8.15. The van der Waals surface area contributed by atoms with Crippen LogP contribution in [0.15, 0.2) is 98.9 Å². The zero-order valence-electron chi connectivity index (χ0n) is 18.4. The first-order valence-corrected chi connectivity index (χ1v) is 13.7. The van der Waals surface area contributed by atoms with Gasteiger partial charge < -0.3 is 4.42 Å². The van der Waals surface area contributed by atoms with Crippen LogP contribution in [0.25, 0.3) is 10.2 Å². The molecule has 0 atom stereocenters. The summed E-state index contributed by atoms with van der Waals surface area (Å²) in [6.07, 6.45) is 1.54. The molecule has 2 aromatic heterocycles. The Labute approximate surface area is 218 Å². The molecular formula is C25H17BrFN3O4S2. The van der Waals surface area contributed by atoms with Gasteiger partial charge in [-0.15, -0.1) is 0 Å². The molecule has 0 spiro atoms. The average molecular weight is 586 g/mol. The molecule has 1 amide bonds. The Morgan fingerprint density at radius 1 is 1.06 bits per heavy atom. The Hall–Kier alpha value is -3.54. The first kappa shape index (κ1) is 24.2. The second kappa shape index (κ2) is 9.84. The van der Waals surface area contributed by atoms with E-state index in [0.717, 1.165) is 26.8 Å². The summed E-state index contributed by atoms with van der Waals surface area (Å²) in [6.45, 7) is 0.172. The lowest BCUT2D eigenvalue weighted by Gasteiger charge is -2.19. The summed E-state index contributed by atoms with van der Waals surface area (Å²) in [4.78, 5) is 19.6. The van der Waals surface area contributed by atoms with Crippen LogP contribution in [-0.4, -0.2) is 19.3 Å². The molecule has 0 saturated carbocycles. The van der Waals surface area contributed by atoms with Gasteiger partial charge in [-0.2, -0.15) is 0 Å². The van der Waals surface area contributed by atoms with Gasteiger partial charge in [-0.05, 0) is 78.9 Å². The van der Waals surface area contributed by atoms with Crippen molar-refractivity contribution in [1.29, 1.82) is 0 Å².